The maximum atomic E-state index is 13.5. The van der Waals surface area contributed by atoms with Gasteiger partial charge < -0.3 is 19.2 Å². The fourth-order valence-electron chi connectivity index (χ4n) is 4.40. The van der Waals surface area contributed by atoms with Gasteiger partial charge in [-0.05, 0) is 35.9 Å². The number of hydrogen-bond donors (Lipinski definition) is 1. The zero-order valence-electron chi connectivity index (χ0n) is 19.3. The van der Waals surface area contributed by atoms with Gasteiger partial charge >= 0.3 is 0 Å². The van der Waals surface area contributed by atoms with Crippen molar-refractivity contribution >= 4 is 16.9 Å². The van der Waals surface area contributed by atoms with Gasteiger partial charge in [0.25, 0.3) is 5.91 Å². The maximum absolute atomic E-state index is 13.5. The average molecular weight is 475 g/mol. The van der Waals surface area contributed by atoms with Crippen LogP contribution in [0.5, 0.6) is 5.75 Å². The number of carbonyl (C=O) groups is 1. The van der Waals surface area contributed by atoms with E-state index in [0.29, 0.717) is 36.7 Å². The molecule has 1 atom stereocenters. The summed E-state index contributed by atoms with van der Waals surface area (Å²) in [7, 11) is 0. The number of benzene rings is 3. The first-order valence-electron chi connectivity index (χ1n) is 11.7. The Hall–Kier alpha value is -3.68. The van der Waals surface area contributed by atoms with E-state index in [1.165, 1.54) is 12.1 Å². The third-order valence-electron chi connectivity index (χ3n) is 6.23. The van der Waals surface area contributed by atoms with E-state index in [9.17, 15) is 9.18 Å². The normalized spacial score (nSPS) is 15.1. The van der Waals surface area contributed by atoms with Gasteiger partial charge in [-0.1, -0.05) is 48.5 Å². The fourth-order valence-corrected chi connectivity index (χ4v) is 4.40. The maximum Gasteiger partial charge on any atom is 0.287 e. The molecule has 1 aliphatic rings. The lowest BCUT2D eigenvalue weighted by Crippen LogP contribution is -2.43. The molecule has 1 aliphatic heterocycles. The molecular weight excluding hydrogens is 447 g/mol. The van der Waals surface area contributed by atoms with E-state index in [2.05, 4.69) is 10.2 Å². The van der Waals surface area contributed by atoms with Crippen molar-refractivity contribution in [1.29, 1.82) is 0 Å². The number of amides is 1. The first-order chi connectivity index (χ1) is 17.2. The highest BCUT2D eigenvalue weighted by Crippen LogP contribution is 2.28. The third kappa shape index (κ3) is 5.37. The van der Waals surface area contributed by atoms with E-state index < -0.39 is 0 Å². The minimum absolute atomic E-state index is 0.114. The summed E-state index contributed by atoms with van der Waals surface area (Å²) in [6.45, 7) is 3.26. The molecule has 0 spiro atoms. The molecule has 180 valence electrons. The standard InChI is InChI=1S/C28H27FN2O4/c29-21-12-10-20(11-13-21)25(31-14-16-33-17-15-31)18-30-28(32)27-24(19-34-22-6-2-1-3-7-22)23-8-4-5-9-26(23)35-27/h1-13,25H,14-19H2,(H,30,32). The molecule has 5 rings (SSSR count). The number of fused-ring (bicyclic) bond motifs is 1. The van der Waals surface area contributed by atoms with Gasteiger partial charge in [0.15, 0.2) is 5.76 Å². The quantitative estimate of drug-likeness (QED) is 0.391. The van der Waals surface area contributed by atoms with Crippen LogP contribution in [0.2, 0.25) is 0 Å². The first kappa shape index (κ1) is 23.1. The highest BCUT2D eigenvalue weighted by atomic mass is 19.1. The average Bonchev–Trinajstić information content (AvgIpc) is 3.28. The van der Waals surface area contributed by atoms with Gasteiger partial charge in [-0.2, -0.15) is 0 Å². The van der Waals surface area contributed by atoms with Crippen LogP contribution >= 0.6 is 0 Å². The predicted octanol–water partition coefficient (Wildman–Crippen LogP) is 4.95. The smallest absolute Gasteiger partial charge is 0.287 e. The number of morpholine rings is 1. The lowest BCUT2D eigenvalue weighted by molar-refractivity contribution is 0.0161. The second-order valence-electron chi connectivity index (χ2n) is 8.43. The molecule has 1 N–H and O–H groups in total. The molecule has 7 heteroatoms. The summed E-state index contributed by atoms with van der Waals surface area (Å²) >= 11 is 0. The Morgan fingerprint density at radius 2 is 1.69 bits per heavy atom. The van der Waals surface area contributed by atoms with Gasteiger partial charge in [0.2, 0.25) is 0 Å². The Bertz CT molecular complexity index is 1270. The van der Waals surface area contributed by atoms with Crippen LogP contribution < -0.4 is 10.1 Å². The lowest BCUT2D eigenvalue weighted by Gasteiger charge is -2.34. The SMILES string of the molecule is O=C(NCC(c1ccc(F)cc1)N1CCOCC1)c1oc2ccccc2c1COc1ccccc1. The van der Waals surface area contributed by atoms with E-state index in [1.54, 1.807) is 12.1 Å². The van der Waals surface area contributed by atoms with E-state index in [0.717, 1.165) is 24.0 Å². The van der Waals surface area contributed by atoms with Crippen molar-refractivity contribution < 1.29 is 23.1 Å². The zero-order chi connectivity index (χ0) is 24.0. The topological polar surface area (TPSA) is 63.9 Å². The number of ether oxygens (including phenoxy) is 2. The molecule has 1 unspecified atom stereocenters. The van der Waals surface area contributed by atoms with Crippen LogP contribution in [0.25, 0.3) is 11.0 Å². The van der Waals surface area contributed by atoms with Gasteiger partial charge in [0, 0.05) is 30.6 Å². The molecule has 3 aromatic carbocycles. The molecule has 2 heterocycles. The molecular formula is C28H27FN2O4. The molecule has 1 aromatic heterocycles. The molecule has 0 bridgehead atoms. The van der Waals surface area contributed by atoms with Gasteiger partial charge in [-0.25, -0.2) is 4.39 Å². The monoisotopic (exact) mass is 474 g/mol. The highest BCUT2D eigenvalue weighted by molar-refractivity contribution is 5.99. The minimum atomic E-state index is -0.312. The van der Waals surface area contributed by atoms with Crippen molar-refractivity contribution in [2.75, 3.05) is 32.8 Å². The summed E-state index contributed by atoms with van der Waals surface area (Å²) in [5, 5.41) is 3.89. The van der Waals surface area contributed by atoms with Crippen LogP contribution in [0.15, 0.2) is 83.3 Å². The molecule has 1 amide bonds. The summed E-state index contributed by atoms with van der Waals surface area (Å²) in [6, 6.07) is 23.3. The van der Waals surface area contributed by atoms with Gasteiger partial charge in [0.05, 0.1) is 19.3 Å². The molecule has 0 radical (unpaired) electrons. The minimum Gasteiger partial charge on any atom is -0.489 e. The number of nitrogens with one attached hydrogen (secondary N) is 1. The summed E-state index contributed by atoms with van der Waals surface area (Å²) in [6.07, 6.45) is 0. The Kier molecular flexibility index (Phi) is 7.07. The van der Waals surface area contributed by atoms with E-state index in [4.69, 9.17) is 13.9 Å². The van der Waals surface area contributed by atoms with Crippen molar-refractivity contribution in [2.45, 2.75) is 12.6 Å². The third-order valence-corrected chi connectivity index (χ3v) is 6.23. The molecule has 1 saturated heterocycles. The van der Waals surface area contributed by atoms with Crippen LogP contribution in [0, 0.1) is 5.82 Å². The Labute approximate surface area is 203 Å². The molecule has 4 aromatic rings. The van der Waals surface area contributed by atoms with Crippen molar-refractivity contribution in [1.82, 2.24) is 10.2 Å². The van der Waals surface area contributed by atoms with Crippen LogP contribution in [-0.2, 0) is 11.3 Å². The van der Waals surface area contributed by atoms with Crippen molar-refractivity contribution in [3.8, 4) is 5.75 Å². The van der Waals surface area contributed by atoms with E-state index in [-0.39, 0.29) is 30.1 Å². The summed E-state index contributed by atoms with van der Waals surface area (Å²) < 4.78 is 31.0. The Balaban J connectivity index is 1.37. The molecule has 0 aliphatic carbocycles. The summed E-state index contributed by atoms with van der Waals surface area (Å²) in [5.41, 5.74) is 2.27. The Morgan fingerprint density at radius 3 is 2.46 bits per heavy atom. The van der Waals surface area contributed by atoms with Crippen LogP contribution in [-0.4, -0.2) is 43.7 Å². The number of para-hydroxylation sites is 2. The van der Waals surface area contributed by atoms with Crippen molar-refractivity contribution in [2.24, 2.45) is 0 Å². The van der Waals surface area contributed by atoms with Crippen molar-refractivity contribution in [3.63, 3.8) is 0 Å². The molecule has 0 saturated carbocycles. The number of hydrogen-bond acceptors (Lipinski definition) is 5. The number of halogens is 1. The Morgan fingerprint density at radius 1 is 0.971 bits per heavy atom. The van der Waals surface area contributed by atoms with E-state index >= 15 is 0 Å². The van der Waals surface area contributed by atoms with Crippen LogP contribution in [0.3, 0.4) is 0 Å². The molecule has 6 nitrogen and oxygen atoms in total. The van der Waals surface area contributed by atoms with Crippen LogP contribution in [0.1, 0.15) is 27.7 Å². The van der Waals surface area contributed by atoms with Gasteiger partial charge in [-0.3, -0.25) is 9.69 Å². The number of rotatable bonds is 8. The van der Waals surface area contributed by atoms with Crippen molar-refractivity contribution in [3.05, 3.63) is 102 Å². The number of furan rings is 1. The number of nitrogens with zero attached hydrogens (tertiary/aromatic N) is 1. The fraction of sp³-hybridized carbons (Fsp3) is 0.250. The predicted molar refractivity (Wildman–Crippen MR) is 131 cm³/mol. The van der Waals surface area contributed by atoms with Crippen LogP contribution in [0.4, 0.5) is 4.39 Å². The summed E-state index contributed by atoms with van der Waals surface area (Å²) in [5.74, 6) is 0.354. The summed E-state index contributed by atoms with van der Waals surface area (Å²) in [4.78, 5) is 15.6. The molecule has 35 heavy (non-hydrogen) atoms. The second kappa shape index (κ2) is 10.7. The van der Waals surface area contributed by atoms with E-state index in [1.807, 2.05) is 54.6 Å². The number of carbonyl (C=O) groups excluding carboxylic acids is 1. The highest BCUT2D eigenvalue weighted by Gasteiger charge is 2.26. The second-order valence-corrected chi connectivity index (χ2v) is 8.43. The lowest BCUT2D eigenvalue weighted by atomic mass is 10.0. The molecule has 1 fully saturated rings. The van der Waals surface area contributed by atoms with Gasteiger partial charge in [-0.15, -0.1) is 0 Å². The largest absolute Gasteiger partial charge is 0.489 e. The van der Waals surface area contributed by atoms with Gasteiger partial charge in [0.1, 0.15) is 23.8 Å². The zero-order valence-corrected chi connectivity index (χ0v) is 19.3. The first-order valence-corrected chi connectivity index (χ1v) is 11.7.